The van der Waals surface area contributed by atoms with Crippen molar-refractivity contribution in [2.24, 2.45) is 0 Å². The molecule has 0 heterocycles. The number of hydrogen-bond donors (Lipinski definition) is 2. The number of nitriles is 1. The molecule has 0 aliphatic carbocycles. The summed E-state index contributed by atoms with van der Waals surface area (Å²) in [5, 5.41) is 12.2. The van der Waals surface area contributed by atoms with Crippen molar-refractivity contribution in [2.75, 3.05) is 32.2 Å². The lowest BCUT2D eigenvalue weighted by molar-refractivity contribution is -0.118. The molecule has 11 nitrogen and oxygen atoms in total. The maximum Gasteiger partial charge on any atom is 0.421 e. The van der Waals surface area contributed by atoms with Gasteiger partial charge in [0.05, 0.1) is 28.7 Å². The monoisotopic (exact) mass is 619 g/mol. The van der Waals surface area contributed by atoms with Gasteiger partial charge in [-0.2, -0.15) is 5.26 Å². The van der Waals surface area contributed by atoms with E-state index in [1.54, 1.807) is 11.6 Å². The molecule has 0 aromatic heterocycles. The molecule has 0 saturated heterocycles. The van der Waals surface area contributed by atoms with Crippen molar-refractivity contribution < 1.29 is 37.0 Å². The smallest absolute Gasteiger partial charge is 0.421 e. The number of nitrogens with one attached hydrogen (secondary N) is 2. The van der Waals surface area contributed by atoms with E-state index in [0.717, 1.165) is 0 Å². The molecular weight excluding hydrogens is 597 g/mol. The molecule has 0 unspecified atom stereocenters. The Hall–Kier alpha value is -4.15. The van der Waals surface area contributed by atoms with Gasteiger partial charge in [-0.15, -0.1) is 0 Å². The Kier molecular flexibility index (Phi) is 10.7. The number of carbonyl (C=O) groups is 3. The molecule has 0 saturated carbocycles. The van der Waals surface area contributed by atoms with Crippen LogP contribution in [0.3, 0.4) is 0 Å². The first-order valence-corrected chi connectivity index (χ1v) is 13.9. The van der Waals surface area contributed by atoms with Crippen LogP contribution in [0.2, 0.25) is 10.0 Å². The van der Waals surface area contributed by atoms with E-state index >= 15 is 0 Å². The number of hydrogen-bond acceptors (Lipinski definition) is 9. The van der Waals surface area contributed by atoms with Crippen molar-refractivity contribution in [1.82, 2.24) is 4.72 Å². The number of halogens is 2. The van der Waals surface area contributed by atoms with Gasteiger partial charge in [0.2, 0.25) is 0 Å². The highest BCUT2D eigenvalue weighted by Crippen LogP contribution is 2.27. The quantitative estimate of drug-likeness (QED) is 0.233. The second-order valence-corrected chi connectivity index (χ2v) is 10.9. The van der Waals surface area contributed by atoms with Crippen LogP contribution in [0.5, 0.6) is 5.75 Å². The summed E-state index contributed by atoms with van der Waals surface area (Å²) in [5.41, 5.74) is 1.04. The number of benzene rings is 3. The van der Waals surface area contributed by atoms with Crippen LogP contribution in [0.25, 0.3) is 0 Å². The summed E-state index contributed by atoms with van der Waals surface area (Å²) in [6.45, 7) is 1.03. The zero-order valence-corrected chi connectivity index (χ0v) is 24.0. The molecule has 0 aliphatic heterocycles. The lowest BCUT2D eigenvalue weighted by Crippen LogP contribution is -2.32. The minimum atomic E-state index is -4.23. The number of nitrogens with zero attached hydrogens (tertiary/aromatic N) is 1. The molecule has 3 rings (SSSR count). The minimum absolute atomic E-state index is 0.0513. The van der Waals surface area contributed by atoms with Gasteiger partial charge in [-0.25, -0.2) is 17.9 Å². The first kappa shape index (κ1) is 31.4. The summed E-state index contributed by atoms with van der Waals surface area (Å²) in [5.74, 6) is -1.06. The molecule has 0 aliphatic rings. The first-order valence-electron chi connectivity index (χ1n) is 11.7. The van der Waals surface area contributed by atoms with Crippen molar-refractivity contribution in [3.63, 3.8) is 0 Å². The molecule has 214 valence electrons. The summed E-state index contributed by atoms with van der Waals surface area (Å²) in [7, 11) is -2.83. The lowest BCUT2D eigenvalue weighted by Gasteiger charge is -2.14. The van der Waals surface area contributed by atoms with Crippen molar-refractivity contribution in [3.8, 4) is 11.8 Å². The van der Waals surface area contributed by atoms with Crippen LogP contribution in [0.4, 0.5) is 10.5 Å². The van der Waals surface area contributed by atoms with Crippen LogP contribution >= 0.6 is 23.2 Å². The third-order valence-corrected chi connectivity index (χ3v) is 7.12. The molecule has 3 aromatic rings. The number of aryl methyl sites for hydroxylation is 1. The van der Waals surface area contributed by atoms with Crippen LogP contribution < -0.4 is 14.8 Å². The summed E-state index contributed by atoms with van der Waals surface area (Å²) >= 11 is 12.1. The van der Waals surface area contributed by atoms with Crippen LogP contribution in [0.15, 0.2) is 59.5 Å². The number of anilines is 1. The van der Waals surface area contributed by atoms with Gasteiger partial charge in [0, 0.05) is 28.4 Å². The topological polar surface area (TPSA) is 161 Å². The SMILES string of the molecule is COCCOC(=O)NS(=O)(=O)c1ccc(NC(=O)COc2ccc(Cl)cc2C(=O)c2cc(Cl)cc(C#N)c2)c(C)c1. The van der Waals surface area contributed by atoms with Crippen molar-refractivity contribution >= 4 is 56.7 Å². The van der Waals surface area contributed by atoms with E-state index in [4.69, 9.17) is 37.4 Å². The number of methoxy groups -OCH3 is 1. The maximum atomic E-state index is 13.2. The van der Waals surface area contributed by atoms with Gasteiger partial charge in [-0.1, -0.05) is 23.2 Å². The second-order valence-electron chi connectivity index (χ2n) is 8.36. The third kappa shape index (κ3) is 8.67. The van der Waals surface area contributed by atoms with Gasteiger partial charge in [0.1, 0.15) is 12.4 Å². The minimum Gasteiger partial charge on any atom is -0.483 e. The van der Waals surface area contributed by atoms with Crippen LogP contribution in [0, 0.1) is 18.3 Å². The molecule has 0 radical (unpaired) electrons. The molecule has 0 atom stereocenters. The second kappa shape index (κ2) is 14.0. The van der Waals surface area contributed by atoms with E-state index < -0.39 is 34.4 Å². The fourth-order valence-electron chi connectivity index (χ4n) is 3.44. The molecule has 0 spiro atoms. The molecule has 3 aromatic carbocycles. The number of carbonyl (C=O) groups excluding carboxylic acids is 3. The molecule has 0 bridgehead atoms. The number of sulfonamides is 1. The zero-order valence-electron chi connectivity index (χ0n) is 21.7. The lowest BCUT2D eigenvalue weighted by atomic mass is 10.0. The highest BCUT2D eigenvalue weighted by atomic mass is 35.5. The fourth-order valence-corrected chi connectivity index (χ4v) is 4.82. The van der Waals surface area contributed by atoms with Gasteiger partial charge >= 0.3 is 6.09 Å². The Balaban J connectivity index is 1.69. The Bertz CT molecular complexity index is 1640. The molecule has 2 N–H and O–H groups in total. The maximum absolute atomic E-state index is 13.2. The van der Waals surface area contributed by atoms with Crippen LogP contribution in [-0.4, -0.2) is 53.1 Å². The van der Waals surface area contributed by atoms with E-state index in [0.29, 0.717) is 5.56 Å². The zero-order chi connectivity index (χ0) is 30.2. The molecule has 2 amide bonds. The number of rotatable bonds is 11. The van der Waals surface area contributed by atoms with Crippen molar-refractivity contribution in [2.45, 2.75) is 11.8 Å². The van der Waals surface area contributed by atoms with E-state index in [2.05, 4.69) is 5.32 Å². The predicted octanol–water partition coefficient (Wildman–Crippen LogP) is 4.48. The highest BCUT2D eigenvalue weighted by molar-refractivity contribution is 7.90. The summed E-state index contributed by atoms with van der Waals surface area (Å²) in [4.78, 5) is 37.3. The van der Waals surface area contributed by atoms with Crippen molar-refractivity contribution in [1.29, 1.82) is 5.26 Å². The number of ketones is 1. The highest BCUT2D eigenvalue weighted by Gasteiger charge is 2.21. The Labute approximate surface area is 246 Å². The van der Waals surface area contributed by atoms with Crippen molar-refractivity contribution in [3.05, 3.63) is 86.9 Å². The average Bonchev–Trinajstić information content (AvgIpc) is 2.92. The Morgan fingerprint density at radius 3 is 2.41 bits per heavy atom. The first-order chi connectivity index (χ1) is 19.4. The molecular formula is C27H23Cl2N3O8S. The van der Waals surface area contributed by atoms with Gasteiger partial charge in [0.15, 0.2) is 12.4 Å². The molecule has 14 heteroatoms. The largest absolute Gasteiger partial charge is 0.483 e. The average molecular weight is 620 g/mol. The van der Waals surface area contributed by atoms with Crippen LogP contribution in [0.1, 0.15) is 27.0 Å². The fraction of sp³-hybridized carbons (Fsp3) is 0.185. The summed E-state index contributed by atoms with van der Waals surface area (Å²) in [6, 6.07) is 14.2. The Morgan fingerprint density at radius 1 is 0.976 bits per heavy atom. The molecule has 41 heavy (non-hydrogen) atoms. The number of ether oxygens (including phenoxy) is 3. The van der Waals surface area contributed by atoms with Gasteiger partial charge in [0.25, 0.3) is 15.9 Å². The third-order valence-electron chi connectivity index (χ3n) is 5.35. The summed E-state index contributed by atoms with van der Waals surface area (Å²) < 4.78 is 41.8. The van der Waals surface area contributed by atoms with Gasteiger partial charge in [-0.3, -0.25) is 9.59 Å². The van der Waals surface area contributed by atoms with Gasteiger partial charge < -0.3 is 19.5 Å². The van der Waals surface area contributed by atoms with E-state index in [-0.39, 0.29) is 56.3 Å². The normalized spacial score (nSPS) is 10.8. The Morgan fingerprint density at radius 2 is 1.73 bits per heavy atom. The standard InChI is InChI=1S/C27H23Cl2N3O8S/c1-16-9-21(41(36,37)32-27(35)39-8-7-38-2)4-5-23(16)31-25(33)15-40-24-6-3-19(28)13-22(24)26(34)18-10-17(14-30)11-20(29)12-18/h3-6,9-13H,7-8,15H2,1-2H3,(H,31,33)(H,32,35). The van der Waals surface area contributed by atoms with E-state index in [9.17, 15) is 28.1 Å². The molecule has 0 fully saturated rings. The summed E-state index contributed by atoms with van der Waals surface area (Å²) in [6.07, 6.45) is -1.16. The van der Waals surface area contributed by atoms with Gasteiger partial charge in [-0.05, 0) is 67.1 Å². The predicted molar refractivity (Wildman–Crippen MR) is 150 cm³/mol. The van der Waals surface area contributed by atoms with E-state index in [1.165, 1.54) is 61.7 Å². The van der Waals surface area contributed by atoms with Crippen LogP contribution in [-0.2, 0) is 24.3 Å². The number of amides is 2. The van der Waals surface area contributed by atoms with E-state index in [1.807, 2.05) is 6.07 Å².